The highest BCUT2D eigenvalue weighted by molar-refractivity contribution is 8.18. The fourth-order valence-corrected chi connectivity index (χ4v) is 1.40. The number of carbonyl (C=O) groups is 1. The molecule has 0 spiro atoms. The molecule has 1 heterocycles. The van der Waals surface area contributed by atoms with Crippen LogP contribution in [-0.4, -0.2) is 14.9 Å². The smallest absolute Gasteiger partial charge is 0.251 e. The van der Waals surface area contributed by atoms with Crippen LogP contribution in [0, 0.1) is 17.6 Å². The van der Waals surface area contributed by atoms with Crippen molar-refractivity contribution in [1.29, 1.82) is 5.26 Å². The summed E-state index contributed by atoms with van der Waals surface area (Å²) in [4.78, 5) is 11.3. The van der Waals surface area contributed by atoms with Crippen molar-refractivity contribution in [2.24, 2.45) is 0 Å². The van der Waals surface area contributed by atoms with Crippen molar-refractivity contribution >= 4 is 16.9 Å². The van der Waals surface area contributed by atoms with Gasteiger partial charge in [-0.3, -0.25) is 9.48 Å². The molecule has 0 aromatic carbocycles. The van der Waals surface area contributed by atoms with Gasteiger partial charge in [-0.1, -0.05) is 0 Å². The molecular formula is C8H9N3OS. The lowest BCUT2D eigenvalue weighted by Crippen LogP contribution is -2.06. The van der Waals surface area contributed by atoms with Crippen LogP contribution < -0.4 is 0 Å². The predicted octanol–water partition coefficient (Wildman–Crippen LogP) is 1.57. The van der Waals surface area contributed by atoms with Crippen LogP contribution >= 0.6 is 11.8 Å². The molecule has 0 aliphatic heterocycles. The Labute approximate surface area is 80.5 Å². The van der Waals surface area contributed by atoms with E-state index in [2.05, 4.69) is 5.10 Å². The summed E-state index contributed by atoms with van der Waals surface area (Å²) in [7, 11) is 0. The number of thioether (sulfide) groups is 1. The third-order valence-corrected chi connectivity index (χ3v) is 2.03. The summed E-state index contributed by atoms with van der Waals surface area (Å²) in [6.45, 7) is 4.36. The van der Waals surface area contributed by atoms with E-state index < -0.39 is 0 Å². The fraction of sp³-hybridized carbons (Fsp3) is 0.375. The quantitative estimate of drug-likeness (QED) is 0.672. The largest absolute Gasteiger partial charge is 0.279 e. The third-order valence-electron chi connectivity index (χ3n) is 1.55. The lowest BCUT2D eigenvalue weighted by atomic mass is 10.4. The molecule has 0 saturated heterocycles. The molecule has 0 unspecified atom stereocenters. The second-order valence-corrected chi connectivity index (χ2v) is 3.23. The van der Waals surface area contributed by atoms with Crippen molar-refractivity contribution in [2.75, 3.05) is 0 Å². The van der Waals surface area contributed by atoms with Crippen molar-refractivity contribution in [3.63, 3.8) is 0 Å². The molecule has 0 atom stereocenters. The molecule has 0 amide bonds. The summed E-state index contributed by atoms with van der Waals surface area (Å²) >= 11 is 0.633. The van der Waals surface area contributed by atoms with E-state index in [0.29, 0.717) is 24.0 Å². The molecule has 5 heteroatoms. The molecule has 68 valence electrons. The number of thiocyanates is 1. The van der Waals surface area contributed by atoms with Gasteiger partial charge in [0.05, 0.1) is 5.69 Å². The van der Waals surface area contributed by atoms with Gasteiger partial charge in [0.2, 0.25) is 0 Å². The van der Waals surface area contributed by atoms with Gasteiger partial charge >= 0.3 is 0 Å². The van der Waals surface area contributed by atoms with Crippen molar-refractivity contribution < 1.29 is 4.79 Å². The lowest BCUT2D eigenvalue weighted by Gasteiger charge is -1.98. The van der Waals surface area contributed by atoms with Crippen LogP contribution in [0.1, 0.15) is 23.1 Å². The zero-order valence-electron chi connectivity index (χ0n) is 7.44. The van der Waals surface area contributed by atoms with Gasteiger partial charge in [0.15, 0.2) is 0 Å². The van der Waals surface area contributed by atoms with Crippen molar-refractivity contribution in [1.82, 2.24) is 9.78 Å². The normalized spacial score (nSPS) is 9.62. The zero-order valence-corrected chi connectivity index (χ0v) is 8.26. The topological polar surface area (TPSA) is 58.7 Å². The van der Waals surface area contributed by atoms with E-state index in [1.54, 1.807) is 16.1 Å². The Morgan fingerprint density at radius 3 is 3.08 bits per heavy atom. The second kappa shape index (κ2) is 4.10. The Morgan fingerprint density at radius 1 is 1.85 bits per heavy atom. The summed E-state index contributed by atoms with van der Waals surface area (Å²) in [5.74, 6) is 0. The van der Waals surface area contributed by atoms with Crippen LogP contribution in [0.2, 0.25) is 0 Å². The lowest BCUT2D eigenvalue weighted by molar-refractivity contribution is 0.108. The van der Waals surface area contributed by atoms with Gasteiger partial charge in [0.1, 0.15) is 11.1 Å². The maximum atomic E-state index is 11.3. The Hall–Kier alpha value is -1.28. The van der Waals surface area contributed by atoms with E-state index in [9.17, 15) is 4.79 Å². The highest BCUT2D eigenvalue weighted by Crippen LogP contribution is 2.12. The molecule has 0 bridgehead atoms. The summed E-state index contributed by atoms with van der Waals surface area (Å²) < 4.78 is 1.60. The summed E-state index contributed by atoms with van der Waals surface area (Å²) in [6.07, 6.45) is 0. The number of nitriles is 1. The predicted molar refractivity (Wildman–Crippen MR) is 50.2 cm³/mol. The van der Waals surface area contributed by atoms with Gasteiger partial charge in [-0.15, -0.1) is 0 Å². The van der Waals surface area contributed by atoms with Gasteiger partial charge in [-0.25, -0.2) is 0 Å². The number of carbonyl (C=O) groups excluding carboxylic acids is 1. The van der Waals surface area contributed by atoms with Crippen LogP contribution in [-0.2, 0) is 6.54 Å². The molecule has 0 fully saturated rings. The molecule has 1 rings (SSSR count). The number of aryl methyl sites for hydroxylation is 2. The minimum absolute atomic E-state index is 0.245. The van der Waals surface area contributed by atoms with Gasteiger partial charge in [-0.2, -0.15) is 10.4 Å². The first kappa shape index (κ1) is 9.81. The van der Waals surface area contributed by atoms with Gasteiger partial charge in [0.25, 0.3) is 5.12 Å². The van der Waals surface area contributed by atoms with E-state index >= 15 is 0 Å². The Bertz CT molecular complexity index is 364. The Morgan fingerprint density at radius 2 is 2.54 bits per heavy atom. The first-order chi connectivity index (χ1) is 6.19. The van der Waals surface area contributed by atoms with E-state index in [-0.39, 0.29) is 5.12 Å². The fourth-order valence-electron chi connectivity index (χ4n) is 1.04. The molecule has 0 aliphatic rings. The average molecular weight is 195 g/mol. The SMILES string of the molecule is CCn1nc(C)cc1C(=O)SC#N. The third kappa shape index (κ3) is 2.10. The van der Waals surface area contributed by atoms with E-state index in [0.717, 1.165) is 5.69 Å². The standard InChI is InChI=1S/C8H9N3OS/c1-3-11-7(4-6(2)10-11)8(12)13-5-9/h4H,3H2,1-2H3. The summed E-state index contributed by atoms with van der Waals surface area (Å²) in [6, 6.07) is 1.69. The molecule has 4 nitrogen and oxygen atoms in total. The van der Waals surface area contributed by atoms with Crippen LogP contribution in [0.25, 0.3) is 0 Å². The van der Waals surface area contributed by atoms with E-state index in [1.165, 1.54) is 0 Å². The van der Waals surface area contributed by atoms with Crippen LogP contribution in [0.4, 0.5) is 0 Å². The first-order valence-electron chi connectivity index (χ1n) is 3.83. The summed E-state index contributed by atoms with van der Waals surface area (Å²) in [5.41, 5.74) is 1.29. The average Bonchev–Trinajstić information content (AvgIpc) is 2.47. The van der Waals surface area contributed by atoms with Crippen LogP contribution in [0.15, 0.2) is 6.07 Å². The zero-order chi connectivity index (χ0) is 9.84. The molecule has 0 N–H and O–H groups in total. The monoisotopic (exact) mass is 195 g/mol. The second-order valence-electron chi connectivity index (χ2n) is 2.47. The van der Waals surface area contributed by atoms with Gasteiger partial charge < -0.3 is 0 Å². The molecule has 0 radical (unpaired) electrons. The number of hydrogen-bond acceptors (Lipinski definition) is 4. The Kier molecular flexibility index (Phi) is 3.09. The maximum Gasteiger partial charge on any atom is 0.251 e. The van der Waals surface area contributed by atoms with Crippen molar-refractivity contribution in [3.8, 4) is 5.40 Å². The highest BCUT2D eigenvalue weighted by atomic mass is 32.2. The van der Waals surface area contributed by atoms with E-state index in [4.69, 9.17) is 5.26 Å². The van der Waals surface area contributed by atoms with Gasteiger partial charge in [-0.05, 0) is 19.9 Å². The number of hydrogen-bond donors (Lipinski definition) is 0. The summed E-state index contributed by atoms with van der Waals surface area (Å²) in [5, 5.41) is 13.9. The number of aromatic nitrogens is 2. The molecule has 13 heavy (non-hydrogen) atoms. The first-order valence-corrected chi connectivity index (χ1v) is 4.65. The number of nitrogens with zero attached hydrogens (tertiary/aromatic N) is 3. The minimum atomic E-state index is -0.245. The minimum Gasteiger partial charge on any atom is -0.279 e. The molecule has 1 aromatic rings. The van der Waals surface area contributed by atoms with Crippen LogP contribution in [0.3, 0.4) is 0 Å². The molecule has 0 saturated carbocycles. The Balaban J connectivity index is 2.99. The van der Waals surface area contributed by atoms with Crippen molar-refractivity contribution in [3.05, 3.63) is 17.5 Å². The maximum absolute atomic E-state index is 11.3. The number of rotatable bonds is 2. The molecule has 0 aliphatic carbocycles. The van der Waals surface area contributed by atoms with Gasteiger partial charge in [0, 0.05) is 18.3 Å². The molecule has 1 aromatic heterocycles. The van der Waals surface area contributed by atoms with E-state index in [1.807, 2.05) is 13.8 Å². The molecular weight excluding hydrogens is 186 g/mol. The van der Waals surface area contributed by atoms with Crippen LogP contribution in [0.5, 0.6) is 0 Å². The highest BCUT2D eigenvalue weighted by Gasteiger charge is 2.12. The van der Waals surface area contributed by atoms with Crippen molar-refractivity contribution in [2.45, 2.75) is 20.4 Å².